The van der Waals surface area contributed by atoms with E-state index in [1.54, 1.807) is 48.5 Å². The fourth-order valence-corrected chi connectivity index (χ4v) is 3.14. The van der Waals surface area contributed by atoms with Gasteiger partial charge in [-0.25, -0.2) is 17.7 Å². The highest BCUT2D eigenvalue weighted by molar-refractivity contribution is 7.78. The number of halogens is 2. The molecule has 3 rings (SSSR count). The smallest absolute Gasteiger partial charge is 0.282 e. The highest BCUT2D eigenvalue weighted by Crippen LogP contribution is 2.28. The Labute approximate surface area is 156 Å². The van der Waals surface area contributed by atoms with Crippen molar-refractivity contribution in [3.8, 4) is 16.9 Å². The molecule has 27 heavy (non-hydrogen) atoms. The van der Waals surface area contributed by atoms with Crippen LogP contribution in [0.4, 0.5) is 8.78 Å². The molecule has 0 fully saturated rings. The number of benzene rings is 2. The van der Waals surface area contributed by atoms with Gasteiger partial charge in [0.25, 0.3) is 6.43 Å². The molecule has 140 valence electrons. The van der Waals surface area contributed by atoms with Gasteiger partial charge in [0.1, 0.15) is 5.69 Å². The van der Waals surface area contributed by atoms with Crippen molar-refractivity contribution < 1.29 is 22.3 Å². The molecule has 0 spiro atoms. The maximum atomic E-state index is 13.2. The Morgan fingerprint density at radius 3 is 2.30 bits per heavy atom. The van der Waals surface area contributed by atoms with Crippen molar-refractivity contribution in [1.29, 1.82) is 0 Å². The molecule has 0 bridgehead atoms. The van der Waals surface area contributed by atoms with Gasteiger partial charge in [0.05, 0.1) is 17.1 Å². The minimum Gasteiger partial charge on any atom is -0.306 e. The lowest BCUT2D eigenvalue weighted by atomic mass is 10.1. The lowest BCUT2D eigenvalue weighted by Crippen LogP contribution is -2.01. The normalized spacial score (nSPS) is 12.3. The molecule has 1 unspecified atom stereocenters. The predicted molar refractivity (Wildman–Crippen MR) is 98.4 cm³/mol. The third-order valence-electron chi connectivity index (χ3n) is 4.01. The molecule has 0 saturated heterocycles. The summed E-state index contributed by atoms with van der Waals surface area (Å²) in [5, 5.41) is 3.99. The summed E-state index contributed by atoms with van der Waals surface area (Å²) >= 11 is -1.95. The number of ketones is 1. The molecule has 0 saturated carbocycles. The molecule has 0 aliphatic heterocycles. The van der Waals surface area contributed by atoms with E-state index in [1.165, 1.54) is 17.7 Å². The molecule has 1 N–H and O–H groups in total. The number of carbonyl (C=O) groups is 1. The van der Waals surface area contributed by atoms with Crippen molar-refractivity contribution in [2.24, 2.45) is 0 Å². The lowest BCUT2D eigenvalue weighted by Gasteiger charge is -2.09. The van der Waals surface area contributed by atoms with Gasteiger partial charge in [-0.2, -0.15) is 5.10 Å². The van der Waals surface area contributed by atoms with Gasteiger partial charge in [0.15, 0.2) is 16.9 Å². The van der Waals surface area contributed by atoms with E-state index < -0.39 is 17.5 Å². The molecule has 8 heteroatoms. The van der Waals surface area contributed by atoms with E-state index in [4.69, 9.17) is 4.55 Å². The number of nitrogens with zero attached hydrogens (tertiary/aromatic N) is 2. The molecule has 0 aliphatic carbocycles. The van der Waals surface area contributed by atoms with E-state index >= 15 is 0 Å². The van der Waals surface area contributed by atoms with Gasteiger partial charge in [0, 0.05) is 11.1 Å². The second-order valence-corrected chi connectivity index (χ2v) is 6.86. The van der Waals surface area contributed by atoms with E-state index in [2.05, 4.69) is 5.10 Å². The topological polar surface area (TPSA) is 72.2 Å². The fraction of sp³-hybridized carbons (Fsp3) is 0.158. The van der Waals surface area contributed by atoms with Crippen LogP contribution in [0, 0.1) is 0 Å². The molecule has 1 heterocycles. The Balaban J connectivity index is 2.04. The van der Waals surface area contributed by atoms with Crippen LogP contribution in [0.2, 0.25) is 0 Å². The Kier molecular flexibility index (Phi) is 5.57. The quantitative estimate of drug-likeness (QED) is 0.500. The van der Waals surface area contributed by atoms with E-state index in [1.807, 2.05) is 0 Å². The van der Waals surface area contributed by atoms with Gasteiger partial charge >= 0.3 is 0 Å². The third kappa shape index (κ3) is 4.35. The van der Waals surface area contributed by atoms with Crippen molar-refractivity contribution in [3.05, 3.63) is 71.4 Å². The van der Waals surface area contributed by atoms with Crippen molar-refractivity contribution in [3.63, 3.8) is 0 Å². The first kappa shape index (κ1) is 19.1. The van der Waals surface area contributed by atoms with Crippen LogP contribution in [0.15, 0.2) is 54.6 Å². The minimum atomic E-state index is -2.72. The maximum absolute atomic E-state index is 13.2. The Morgan fingerprint density at radius 2 is 1.78 bits per heavy atom. The number of hydrogen-bond acceptors (Lipinski definition) is 3. The zero-order chi connectivity index (χ0) is 19.6. The highest BCUT2D eigenvalue weighted by Gasteiger charge is 2.18. The lowest BCUT2D eigenvalue weighted by molar-refractivity contribution is 0.101. The van der Waals surface area contributed by atoms with Crippen LogP contribution in [0.5, 0.6) is 0 Å². The average molecular weight is 390 g/mol. The summed E-state index contributed by atoms with van der Waals surface area (Å²) in [6, 6.07) is 14.5. The summed E-state index contributed by atoms with van der Waals surface area (Å²) in [7, 11) is 0. The van der Waals surface area contributed by atoms with Crippen LogP contribution in [0.25, 0.3) is 16.9 Å². The third-order valence-corrected chi connectivity index (χ3v) is 4.59. The van der Waals surface area contributed by atoms with E-state index in [-0.39, 0.29) is 17.2 Å². The zero-order valence-corrected chi connectivity index (χ0v) is 15.1. The largest absolute Gasteiger partial charge is 0.306 e. The summed E-state index contributed by atoms with van der Waals surface area (Å²) in [6.45, 7) is 1.45. The van der Waals surface area contributed by atoms with Crippen LogP contribution >= 0.6 is 0 Å². The van der Waals surface area contributed by atoms with Gasteiger partial charge in [-0.1, -0.05) is 24.3 Å². The first-order valence-corrected chi connectivity index (χ1v) is 9.29. The molecule has 0 aliphatic rings. The number of Topliss-reactive ketones (excluding diaryl/α,β-unsaturated/α-hetero) is 1. The van der Waals surface area contributed by atoms with Gasteiger partial charge in [0.2, 0.25) is 0 Å². The SMILES string of the molecule is CC(=O)c1ccc(-n2nc(C(F)F)cc2-c2ccc(CS(=O)O)cc2)cc1. The molecule has 2 aromatic carbocycles. The van der Waals surface area contributed by atoms with Crippen molar-refractivity contribution >= 4 is 16.9 Å². The van der Waals surface area contributed by atoms with Gasteiger partial charge in [-0.15, -0.1) is 0 Å². The number of aromatic nitrogens is 2. The first-order valence-electron chi connectivity index (χ1n) is 8.01. The summed E-state index contributed by atoms with van der Waals surface area (Å²) < 4.78 is 47.6. The van der Waals surface area contributed by atoms with Crippen molar-refractivity contribution in [2.45, 2.75) is 19.1 Å². The van der Waals surface area contributed by atoms with Crippen LogP contribution in [-0.2, 0) is 16.8 Å². The predicted octanol–water partition coefficient (Wildman–Crippen LogP) is 4.40. The number of alkyl halides is 2. The standard InChI is InChI=1S/C19H16F2N2O3S/c1-12(24)14-6-8-16(9-7-14)23-18(10-17(22-23)19(20)21)15-4-2-13(3-5-15)11-27(25)26/h2-10,19H,11H2,1H3,(H,25,26). The highest BCUT2D eigenvalue weighted by atomic mass is 32.2. The molecule has 3 aromatic rings. The second-order valence-electron chi connectivity index (χ2n) is 5.93. The van der Waals surface area contributed by atoms with E-state index in [0.29, 0.717) is 28.1 Å². The summed E-state index contributed by atoms with van der Waals surface area (Å²) in [5.74, 6) is -0.0960. The van der Waals surface area contributed by atoms with Crippen LogP contribution in [-0.4, -0.2) is 24.3 Å². The maximum Gasteiger partial charge on any atom is 0.282 e. The van der Waals surface area contributed by atoms with Gasteiger partial charge in [-0.3, -0.25) is 4.79 Å². The number of hydrogen-bond donors (Lipinski definition) is 1. The average Bonchev–Trinajstić information content (AvgIpc) is 3.07. The Hall–Kier alpha value is -2.71. The van der Waals surface area contributed by atoms with Crippen molar-refractivity contribution in [1.82, 2.24) is 9.78 Å². The minimum absolute atomic E-state index is 0.00562. The molecule has 0 amide bonds. The van der Waals surface area contributed by atoms with Crippen LogP contribution in [0.3, 0.4) is 0 Å². The monoisotopic (exact) mass is 390 g/mol. The summed E-state index contributed by atoms with van der Waals surface area (Å²) in [6.07, 6.45) is -2.72. The van der Waals surface area contributed by atoms with E-state index in [9.17, 15) is 17.8 Å². The molecule has 1 aromatic heterocycles. The van der Waals surface area contributed by atoms with Gasteiger partial charge < -0.3 is 4.55 Å². The van der Waals surface area contributed by atoms with Crippen LogP contribution < -0.4 is 0 Å². The Bertz CT molecular complexity index is 983. The molecule has 1 atom stereocenters. The molecule has 5 nitrogen and oxygen atoms in total. The van der Waals surface area contributed by atoms with Gasteiger partial charge in [-0.05, 0) is 42.8 Å². The first-order chi connectivity index (χ1) is 12.8. The zero-order valence-electron chi connectivity index (χ0n) is 14.3. The van der Waals surface area contributed by atoms with E-state index in [0.717, 1.165) is 0 Å². The Morgan fingerprint density at radius 1 is 1.15 bits per heavy atom. The van der Waals surface area contributed by atoms with Crippen molar-refractivity contribution in [2.75, 3.05) is 0 Å². The summed E-state index contributed by atoms with van der Waals surface area (Å²) in [5.41, 5.74) is 2.45. The molecular weight excluding hydrogens is 374 g/mol. The van der Waals surface area contributed by atoms with Crippen LogP contribution in [0.1, 0.15) is 35.0 Å². The second kappa shape index (κ2) is 7.89. The molecule has 0 radical (unpaired) electrons. The number of rotatable bonds is 6. The summed E-state index contributed by atoms with van der Waals surface area (Å²) in [4.78, 5) is 11.4. The fourth-order valence-electron chi connectivity index (χ4n) is 2.66. The number of carbonyl (C=O) groups excluding carboxylic acids is 1. The molecular formula is C19H16F2N2O3S.